The van der Waals surface area contributed by atoms with Gasteiger partial charge in [0.15, 0.2) is 0 Å². The van der Waals surface area contributed by atoms with Crippen LogP contribution in [0.15, 0.2) is 33.6 Å². The number of halogens is 1. The quantitative estimate of drug-likeness (QED) is 0.454. The molecule has 0 N–H and O–H groups in total. The second kappa shape index (κ2) is 5.45. The fourth-order valence-corrected chi connectivity index (χ4v) is 1.17. The van der Waals surface area contributed by atoms with E-state index in [0.717, 1.165) is 4.47 Å². The zero-order valence-electron chi connectivity index (χ0n) is 5.91. The third-order valence-electron chi connectivity index (χ3n) is 1.01. The van der Waals surface area contributed by atoms with Crippen molar-refractivity contribution in [1.82, 2.24) is 0 Å². The van der Waals surface area contributed by atoms with Gasteiger partial charge >= 0.3 is 29.6 Å². The first-order valence-electron chi connectivity index (χ1n) is 2.55. The van der Waals surface area contributed by atoms with Crippen LogP contribution in [0.1, 0.15) is 0 Å². The van der Waals surface area contributed by atoms with Crippen LogP contribution in [0.25, 0.3) is 0 Å². The summed E-state index contributed by atoms with van der Waals surface area (Å²) in [6.45, 7) is 0. The van der Waals surface area contributed by atoms with Crippen LogP contribution in [0.4, 0.5) is 0 Å². The number of rotatable bonds is 1. The van der Waals surface area contributed by atoms with Gasteiger partial charge in [0.05, 0.1) is 0 Å². The van der Waals surface area contributed by atoms with Crippen LogP contribution in [0.5, 0.6) is 0 Å². The van der Waals surface area contributed by atoms with Crippen molar-refractivity contribution in [2.24, 2.45) is 0 Å². The molecule has 0 heterocycles. The molecule has 0 aliphatic carbocycles. The van der Waals surface area contributed by atoms with Crippen LogP contribution in [-0.2, 0) is 11.1 Å². The van der Waals surface area contributed by atoms with Gasteiger partial charge in [0.25, 0.3) is 0 Å². The van der Waals surface area contributed by atoms with E-state index >= 15 is 0 Å². The maximum Gasteiger partial charge on any atom is 1.00 e. The van der Waals surface area contributed by atoms with Crippen LogP contribution >= 0.6 is 15.9 Å². The summed E-state index contributed by atoms with van der Waals surface area (Å²) >= 11 is 1.09. The van der Waals surface area contributed by atoms with Crippen LogP contribution in [0.2, 0.25) is 0 Å². The van der Waals surface area contributed by atoms with E-state index in [1.807, 2.05) is 0 Å². The van der Waals surface area contributed by atoms with Crippen molar-refractivity contribution >= 4 is 27.0 Å². The molecule has 0 amide bonds. The Morgan fingerprint density at radius 2 is 1.73 bits per heavy atom. The predicted molar refractivity (Wildman–Crippen MR) is 41.3 cm³/mol. The molecule has 0 aromatic heterocycles. The van der Waals surface area contributed by atoms with E-state index in [-0.39, 0.29) is 29.6 Å². The third kappa shape index (κ3) is 3.83. The average Bonchev–Trinajstić information content (AvgIpc) is 1.88. The van der Waals surface area contributed by atoms with Crippen LogP contribution in [-0.4, -0.2) is 8.76 Å². The van der Waals surface area contributed by atoms with Crippen molar-refractivity contribution in [3.63, 3.8) is 0 Å². The molecule has 0 bridgehead atoms. The first-order valence-corrected chi connectivity index (χ1v) is 4.42. The Kier molecular flexibility index (Phi) is 5.86. The Labute approximate surface area is 98.1 Å². The second-order valence-corrected chi connectivity index (χ2v) is 3.55. The van der Waals surface area contributed by atoms with Gasteiger partial charge < -0.3 is 4.55 Å². The summed E-state index contributed by atoms with van der Waals surface area (Å²) in [5.41, 5.74) is 0. The van der Waals surface area contributed by atoms with E-state index in [9.17, 15) is 8.76 Å². The Morgan fingerprint density at radius 3 is 2.09 bits per heavy atom. The van der Waals surface area contributed by atoms with Crippen LogP contribution in [0, 0.1) is 0 Å². The van der Waals surface area contributed by atoms with Crippen molar-refractivity contribution in [1.29, 1.82) is 0 Å². The van der Waals surface area contributed by atoms with Gasteiger partial charge in [-0.2, -0.15) is 0 Å². The SMILES string of the molecule is O=S([O-])c1ccc(Br)cc1.[Na+]. The first-order chi connectivity index (χ1) is 4.70. The molecule has 1 unspecified atom stereocenters. The number of hydrogen-bond donors (Lipinski definition) is 0. The molecular weight excluding hydrogens is 239 g/mol. The van der Waals surface area contributed by atoms with E-state index in [2.05, 4.69) is 15.9 Å². The summed E-state index contributed by atoms with van der Waals surface area (Å²) in [6.07, 6.45) is 0. The van der Waals surface area contributed by atoms with Gasteiger partial charge in [0.2, 0.25) is 0 Å². The minimum atomic E-state index is -2.11. The monoisotopic (exact) mass is 242 g/mol. The van der Waals surface area contributed by atoms with E-state index in [1.54, 1.807) is 12.1 Å². The molecule has 2 nitrogen and oxygen atoms in total. The second-order valence-electron chi connectivity index (χ2n) is 1.69. The van der Waals surface area contributed by atoms with Crippen molar-refractivity contribution in [2.45, 2.75) is 4.90 Å². The third-order valence-corrected chi connectivity index (χ3v) is 2.19. The van der Waals surface area contributed by atoms with E-state index in [0.29, 0.717) is 4.90 Å². The Hall–Kier alpha value is 0.810. The minimum Gasteiger partial charge on any atom is -0.768 e. The summed E-state index contributed by atoms with van der Waals surface area (Å²) in [5.74, 6) is 0. The summed E-state index contributed by atoms with van der Waals surface area (Å²) in [6, 6.07) is 6.44. The van der Waals surface area contributed by atoms with Gasteiger partial charge in [-0.05, 0) is 35.3 Å². The van der Waals surface area contributed by atoms with Crippen molar-refractivity contribution < 1.29 is 38.3 Å². The fraction of sp³-hybridized carbons (Fsp3) is 0. The molecule has 1 atom stereocenters. The summed E-state index contributed by atoms with van der Waals surface area (Å²) in [4.78, 5) is 0.309. The molecule has 1 rings (SSSR count). The number of hydrogen-bond acceptors (Lipinski definition) is 2. The van der Waals surface area contributed by atoms with Gasteiger partial charge in [0, 0.05) is 9.37 Å². The average molecular weight is 243 g/mol. The minimum absolute atomic E-state index is 0. The molecule has 5 heteroatoms. The van der Waals surface area contributed by atoms with E-state index in [1.165, 1.54) is 12.1 Å². The smallest absolute Gasteiger partial charge is 0.768 e. The molecule has 0 fully saturated rings. The molecule has 0 spiro atoms. The molecular formula is C6H4BrNaO2S. The Balaban J connectivity index is 0.000001000. The maximum atomic E-state index is 10.3. The maximum absolute atomic E-state index is 10.3. The van der Waals surface area contributed by atoms with Crippen LogP contribution < -0.4 is 29.6 Å². The Morgan fingerprint density at radius 1 is 1.27 bits per heavy atom. The van der Waals surface area contributed by atoms with Crippen molar-refractivity contribution in [3.8, 4) is 0 Å². The first kappa shape index (κ1) is 11.8. The molecule has 0 aliphatic rings. The molecule has 1 aromatic rings. The molecule has 0 saturated carbocycles. The van der Waals surface area contributed by atoms with Crippen molar-refractivity contribution in [3.05, 3.63) is 28.7 Å². The normalized spacial score (nSPS) is 11.8. The zero-order valence-corrected chi connectivity index (χ0v) is 10.3. The standard InChI is InChI=1S/C6H5BrO2S.Na/c7-5-1-3-6(4-2-5)10(8)9;/h1-4H,(H,8,9);/q;+1/p-1. The fourth-order valence-electron chi connectivity index (χ4n) is 0.546. The Bertz CT molecular complexity index is 249. The molecule has 11 heavy (non-hydrogen) atoms. The summed E-state index contributed by atoms with van der Waals surface area (Å²) < 4.78 is 21.5. The predicted octanol–water partition coefficient (Wildman–Crippen LogP) is -1.31. The van der Waals surface area contributed by atoms with Crippen molar-refractivity contribution in [2.75, 3.05) is 0 Å². The van der Waals surface area contributed by atoms with E-state index in [4.69, 9.17) is 0 Å². The largest absolute Gasteiger partial charge is 1.00 e. The molecule has 0 saturated heterocycles. The van der Waals surface area contributed by atoms with Gasteiger partial charge in [-0.15, -0.1) is 0 Å². The topological polar surface area (TPSA) is 40.1 Å². The summed E-state index contributed by atoms with van der Waals surface area (Å²) in [5, 5.41) is 0. The van der Waals surface area contributed by atoms with E-state index < -0.39 is 11.1 Å². The molecule has 54 valence electrons. The molecule has 0 aliphatic heterocycles. The van der Waals surface area contributed by atoms with Gasteiger partial charge in [0.1, 0.15) is 0 Å². The number of benzene rings is 1. The van der Waals surface area contributed by atoms with Gasteiger partial charge in [-0.25, -0.2) is 0 Å². The molecule has 0 radical (unpaired) electrons. The molecule has 1 aromatic carbocycles. The summed E-state index contributed by atoms with van der Waals surface area (Å²) in [7, 11) is 0. The zero-order chi connectivity index (χ0) is 7.56. The van der Waals surface area contributed by atoms with Gasteiger partial charge in [-0.3, -0.25) is 4.21 Å². The van der Waals surface area contributed by atoms with Crippen LogP contribution in [0.3, 0.4) is 0 Å². The van der Waals surface area contributed by atoms with Gasteiger partial charge in [-0.1, -0.05) is 15.9 Å².